The molecule has 0 amide bonds. The predicted octanol–water partition coefficient (Wildman–Crippen LogP) is 1.28. The highest BCUT2D eigenvalue weighted by Gasteiger charge is 2.11. The molecule has 0 saturated heterocycles. The van der Waals surface area contributed by atoms with Crippen LogP contribution in [0, 0.1) is 11.3 Å². The van der Waals surface area contributed by atoms with Crippen LogP contribution in [0.15, 0.2) is 18.2 Å². The molecule has 0 fully saturated rings. The number of benzene rings is 1. The topological polar surface area (TPSA) is 87.1 Å². The fourth-order valence-electron chi connectivity index (χ4n) is 1.12. The van der Waals surface area contributed by atoms with E-state index < -0.39 is 5.97 Å². The van der Waals surface area contributed by atoms with Gasteiger partial charge >= 0.3 is 5.97 Å². The molecular formula is C10H10N2O2. The number of nitrogens with two attached hydrogens (primary N) is 1. The van der Waals surface area contributed by atoms with E-state index in [1.165, 1.54) is 12.1 Å². The summed E-state index contributed by atoms with van der Waals surface area (Å²) in [5.41, 5.74) is 6.46. The van der Waals surface area contributed by atoms with Crippen LogP contribution in [0.25, 0.3) is 0 Å². The molecule has 14 heavy (non-hydrogen) atoms. The van der Waals surface area contributed by atoms with Gasteiger partial charge in [-0.25, -0.2) is 4.79 Å². The summed E-state index contributed by atoms with van der Waals surface area (Å²) >= 11 is 0. The molecule has 1 rings (SSSR count). The van der Waals surface area contributed by atoms with Crippen LogP contribution in [0.5, 0.6) is 0 Å². The van der Waals surface area contributed by atoms with Crippen molar-refractivity contribution in [1.29, 1.82) is 5.26 Å². The van der Waals surface area contributed by atoms with Gasteiger partial charge in [0.25, 0.3) is 0 Å². The van der Waals surface area contributed by atoms with Gasteiger partial charge in [-0.3, -0.25) is 0 Å². The van der Waals surface area contributed by atoms with Gasteiger partial charge in [0.2, 0.25) is 0 Å². The number of hydrogen-bond acceptors (Lipinski definition) is 3. The first-order chi connectivity index (χ1) is 6.56. The van der Waals surface area contributed by atoms with Crippen LogP contribution < -0.4 is 5.73 Å². The number of carboxylic acid groups (broad SMARTS) is 1. The zero-order chi connectivity index (χ0) is 10.7. The van der Waals surface area contributed by atoms with Crippen LogP contribution in [-0.4, -0.2) is 11.1 Å². The van der Waals surface area contributed by atoms with Gasteiger partial charge in [-0.15, -0.1) is 0 Å². The minimum atomic E-state index is -1.11. The molecule has 72 valence electrons. The molecule has 0 bridgehead atoms. The summed E-state index contributed by atoms with van der Waals surface area (Å²) in [5, 5.41) is 17.5. The summed E-state index contributed by atoms with van der Waals surface area (Å²) in [7, 11) is 0. The van der Waals surface area contributed by atoms with Crippen molar-refractivity contribution in [3.63, 3.8) is 0 Å². The number of hydrogen-bond donors (Lipinski definition) is 2. The lowest BCUT2D eigenvalue weighted by molar-refractivity contribution is 0.0696. The van der Waals surface area contributed by atoms with Gasteiger partial charge < -0.3 is 10.8 Å². The normalized spacial score (nSPS) is 11.8. The highest BCUT2D eigenvalue weighted by molar-refractivity contribution is 5.90. The van der Waals surface area contributed by atoms with E-state index in [2.05, 4.69) is 0 Å². The van der Waals surface area contributed by atoms with Crippen LogP contribution in [0.4, 0.5) is 0 Å². The summed E-state index contributed by atoms with van der Waals surface area (Å²) in [6.45, 7) is 1.76. The van der Waals surface area contributed by atoms with Crippen molar-refractivity contribution in [1.82, 2.24) is 0 Å². The SMILES string of the molecule is C[C@@H](N)c1ccc(C#N)c(C(=O)O)c1. The Morgan fingerprint density at radius 1 is 1.64 bits per heavy atom. The summed E-state index contributed by atoms with van der Waals surface area (Å²) in [5.74, 6) is -1.11. The summed E-state index contributed by atoms with van der Waals surface area (Å²) in [4.78, 5) is 10.8. The Morgan fingerprint density at radius 3 is 2.71 bits per heavy atom. The van der Waals surface area contributed by atoms with Crippen molar-refractivity contribution in [2.24, 2.45) is 5.73 Å². The molecule has 0 aliphatic carbocycles. The molecule has 0 aromatic heterocycles. The van der Waals surface area contributed by atoms with Crippen molar-refractivity contribution in [3.8, 4) is 6.07 Å². The van der Waals surface area contributed by atoms with E-state index in [1.54, 1.807) is 13.0 Å². The Kier molecular flexibility index (Phi) is 2.85. The second-order valence-electron chi connectivity index (χ2n) is 3.01. The van der Waals surface area contributed by atoms with Crippen LogP contribution in [0.3, 0.4) is 0 Å². The molecule has 0 saturated carbocycles. The fraction of sp³-hybridized carbons (Fsp3) is 0.200. The maximum absolute atomic E-state index is 10.8. The van der Waals surface area contributed by atoms with Gasteiger partial charge in [-0.1, -0.05) is 6.07 Å². The van der Waals surface area contributed by atoms with E-state index in [1.807, 2.05) is 6.07 Å². The molecular weight excluding hydrogens is 180 g/mol. The van der Waals surface area contributed by atoms with Crippen molar-refractivity contribution in [2.45, 2.75) is 13.0 Å². The molecule has 1 aromatic carbocycles. The van der Waals surface area contributed by atoms with Crippen LogP contribution in [0.2, 0.25) is 0 Å². The van der Waals surface area contributed by atoms with Crippen molar-refractivity contribution in [3.05, 3.63) is 34.9 Å². The lowest BCUT2D eigenvalue weighted by atomic mass is 10.0. The Labute approximate surface area is 81.6 Å². The fourth-order valence-corrected chi connectivity index (χ4v) is 1.12. The largest absolute Gasteiger partial charge is 0.478 e. The molecule has 1 aromatic rings. The summed E-state index contributed by atoms with van der Waals surface area (Å²) in [6, 6.07) is 6.16. The highest BCUT2D eigenvalue weighted by Crippen LogP contribution is 2.15. The van der Waals surface area contributed by atoms with Crippen LogP contribution >= 0.6 is 0 Å². The quantitative estimate of drug-likeness (QED) is 0.735. The average molecular weight is 190 g/mol. The second-order valence-corrected chi connectivity index (χ2v) is 3.01. The summed E-state index contributed by atoms with van der Waals surface area (Å²) < 4.78 is 0. The van der Waals surface area contributed by atoms with E-state index in [0.29, 0.717) is 5.56 Å². The molecule has 0 unspecified atom stereocenters. The van der Waals surface area contributed by atoms with Gasteiger partial charge in [0.1, 0.15) is 6.07 Å². The first kappa shape index (κ1) is 10.2. The number of nitrogens with zero attached hydrogens (tertiary/aromatic N) is 1. The molecule has 4 nitrogen and oxygen atoms in total. The number of rotatable bonds is 2. The standard InChI is InChI=1S/C10H10N2O2/c1-6(12)7-2-3-8(5-11)9(4-7)10(13)14/h2-4,6H,12H2,1H3,(H,13,14)/t6-/m1/s1. The predicted molar refractivity (Wildman–Crippen MR) is 50.7 cm³/mol. The molecule has 0 aliphatic rings. The number of nitriles is 1. The molecule has 0 radical (unpaired) electrons. The average Bonchev–Trinajstić information content (AvgIpc) is 2.16. The Morgan fingerprint density at radius 2 is 2.29 bits per heavy atom. The van der Waals surface area contributed by atoms with Crippen molar-refractivity contribution < 1.29 is 9.90 Å². The van der Waals surface area contributed by atoms with E-state index in [4.69, 9.17) is 16.1 Å². The van der Waals surface area contributed by atoms with Gasteiger partial charge in [0.15, 0.2) is 0 Å². The van der Waals surface area contributed by atoms with Crippen LogP contribution in [0.1, 0.15) is 34.5 Å². The monoisotopic (exact) mass is 190 g/mol. The minimum Gasteiger partial charge on any atom is -0.478 e. The van der Waals surface area contributed by atoms with Gasteiger partial charge in [-0.2, -0.15) is 5.26 Å². The molecule has 1 atom stereocenters. The van der Waals surface area contributed by atoms with E-state index in [9.17, 15) is 4.79 Å². The molecule has 0 heterocycles. The van der Waals surface area contributed by atoms with E-state index in [-0.39, 0.29) is 17.2 Å². The van der Waals surface area contributed by atoms with Crippen molar-refractivity contribution in [2.75, 3.05) is 0 Å². The lowest BCUT2D eigenvalue weighted by Gasteiger charge is -2.06. The smallest absolute Gasteiger partial charge is 0.337 e. The number of carbonyl (C=O) groups is 1. The Bertz CT molecular complexity index is 405. The lowest BCUT2D eigenvalue weighted by Crippen LogP contribution is -2.08. The molecule has 0 spiro atoms. The number of aromatic carboxylic acids is 1. The maximum Gasteiger partial charge on any atom is 0.337 e. The highest BCUT2D eigenvalue weighted by atomic mass is 16.4. The van der Waals surface area contributed by atoms with E-state index >= 15 is 0 Å². The molecule has 0 aliphatic heterocycles. The van der Waals surface area contributed by atoms with Gasteiger partial charge in [0.05, 0.1) is 11.1 Å². The van der Waals surface area contributed by atoms with E-state index in [0.717, 1.165) is 0 Å². The molecule has 4 heteroatoms. The maximum atomic E-state index is 10.8. The zero-order valence-electron chi connectivity index (χ0n) is 7.69. The zero-order valence-corrected chi connectivity index (χ0v) is 7.69. The Balaban J connectivity index is 3.30. The second kappa shape index (κ2) is 3.90. The molecule has 3 N–H and O–H groups in total. The van der Waals surface area contributed by atoms with Crippen LogP contribution in [-0.2, 0) is 0 Å². The minimum absolute atomic E-state index is 0.00213. The first-order valence-electron chi connectivity index (χ1n) is 4.09. The summed E-state index contributed by atoms with van der Waals surface area (Å²) in [6.07, 6.45) is 0. The third-order valence-electron chi connectivity index (χ3n) is 1.92. The third-order valence-corrected chi connectivity index (χ3v) is 1.92. The third kappa shape index (κ3) is 1.90. The number of carboxylic acids is 1. The van der Waals surface area contributed by atoms with Crippen molar-refractivity contribution >= 4 is 5.97 Å². The van der Waals surface area contributed by atoms with Gasteiger partial charge in [0, 0.05) is 6.04 Å². The Hall–Kier alpha value is -1.86. The van der Waals surface area contributed by atoms with Gasteiger partial charge in [-0.05, 0) is 24.6 Å². The first-order valence-corrected chi connectivity index (χ1v) is 4.09.